The molecular weight excluding hydrogens is 318 g/mol. The molecule has 0 aliphatic rings. The Kier molecular flexibility index (Phi) is 3.96. The van der Waals surface area contributed by atoms with Crippen molar-refractivity contribution in [2.75, 3.05) is 5.32 Å². The third-order valence-corrected chi connectivity index (χ3v) is 5.00. The Balaban J connectivity index is 1.69. The lowest BCUT2D eigenvalue weighted by atomic mass is 10.0. The predicted molar refractivity (Wildman–Crippen MR) is 97.1 cm³/mol. The summed E-state index contributed by atoms with van der Waals surface area (Å²) < 4.78 is 1.76. The van der Waals surface area contributed by atoms with Crippen molar-refractivity contribution in [1.82, 2.24) is 19.7 Å². The zero-order valence-electron chi connectivity index (χ0n) is 13.3. The lowest BCUT2D eigenvalue weighted by Crippen LogP contribution is -2.14. The minimum Gasteiger partial charge on any atom is -0.361 e. The van der Waals surface area contributed by atoms with E-state index in [4.69, 9.17) is 0 Å². The summed E-state index contributed by atoms with van der Waals surface area (Å²) in [5.74, 6) is 0.822. The van der Waals surface area contributed by atoms with Crippen LogP contribution in [0, 0.1) is 0 Å². The van der Waals surface area contributed by atoms with E-state index in [1.54, 1.807) is 22.3 Å². The number of nitrogens with one attached hydrogen (secondary N) is 1. The molecule has 5 nitrogen and oxygen atoms in total. The van der Waals surface area contributed by atoms with E-state index in [1.807, 2.05) is 19.3 Å². The first-order valence-electron chi connectivity index (χ1n) is 7.78. The minimum absolute atomic E-state index is 0.158. The highest BCUT2D eigenvalue weighted by atomic mass is 32.1. The van der Waals surface area contributed by atoms with Gasteiger partial charge in [-0.25, -0.2) is 9.97 Å². The van der Waals surface area contributed by atoms with Gasteiger partial charge in [-0.2, -0.15) is 5.10 Å². The molecule has 0 aliphatic carbocycles. The van der Waals surface area contributed by atoms with Crippen molar-refractivity contribution in [3.05, 3.63) is 70.8 Å². The molecule has 1 unspecified atom stereocenters. The summed E-state index contributed by atoms with van der Waals surface area (Å²) in [7, 11) is 1.89. The molecule has 0 bridgehead atoms. The van der Waals surface area contributed by atoms with Crippen molar-refractivity contribution in [3.8, 4) is 0 Å². The first kappa shape index (κ1) is 14.8. The number of fused-ring (bicyclic) bond motifs is 1. The van der Waals surface area contributed by atoms with Crippen molar-refractivity contribution in [1.29, 1.82) is 0 Å². The van der Waals surface area contributed by atoms with Crippen LogP contribution < -0.4 is 5.32 Å². The van der Waals surface area contributed by atoms with Crippen LogP contribution in [-0.2, 0) is 13.5 Å². The van der Waals surface area contributed by atoms with Gasteiger partial charge in [-0.1, -0.05) is 36.4 Å². The average Bonchev–Trinajstić information content (AvgIpc) is 3.26. The SMILES string of the molecule is Cn1ncc2c(NC(Cc3ccccc3)c3cccs3)ncnc21. The highest BCUT2D eigenvalue weighted by Gasteiger charge is 2.16. The Morgan fingerprint density at radius 1 is 1.12 bits per heavy atom. The molecule has 0 saturated carbocycles. The summed E-state index contributed by atoms with van der Waals surface area (Å²) in [6, 6.07) is 14.9. The molecule has 4 aromatic rings. The summed E-state index contributed by atoms with van der Waals surface area (Å²) in [6.07, 6.45) is 4.29. The van der Waals surface area contributed by atoms with Gasteiger partial charge in [-0.15, -0.1) is 11.3 Å². The molecule has 120 valence electrons. The largest absolute Gasteiger partial charge is 0.361 e. The Morgan fingerprint density at radius 3 is 2.79 bits per heavy atom. The van der Waals surface area contributed by atoms with Gasteiger partial charge < -0.3 is 5.32 Å². The number of nitrogens with zero attached hydrogens (tertiary/aromatic N) is 4. The summed E-state index contributed by atoms with van der Waals surface area (Å²) in [4.78, 5) is 10.0. The summed E-state index contributed by atoms with van der Waals surface area (Å²) in [5.41, 5.74) is 2.12. The van der Waals surface area contributed by atoms with E-state index in [0.29, 0.717) is 0 Å². The highest BCUT2D eigenvalue weighted by Crippen LogP contribution is 2.28. The van der Waals surface area contributed by atoms with Crippen LogP contribution in [0.4, 0.5) is 5.82 Å². The van der Waals surface area contributed by atoms with Crippen LogP contribution in [0.2, 0.25) is 0 Å². The first-order chi connectivity index (χ1) is 11.8. The van der Waals surface area contributed by atoms with Gasteiger partial charge >= 0.3 is 0 Å². The van der Waals surface area contributed by atoms with Crippen LogP contribution in [-0.4, -0.2) is 19.7 Å². The molecule has 1 atom stereocenters. The van der Waals surface area contributed by atoms with Crippen molar-refractivity contribution in [2.24, 2.45) is 7.05 Å². The molecule has 4 rings (SSSR count). The molecule has 24 heavy (non-hydrogen) atoms. The number of thiophene rings is 1. The Hall–Kier alpha value is -2.73. The van der Waals surface area contributed by atoms with Crippen LogP contribution in [0.15, 0.2) is 60.4 Å². The zero-order chi connectivity index (χ0) is 16.4. The third kappa shape index (κ3) is 2.88. The molecule has 1 aromatic carbocycles. The van der Waals surface area contributed by atoms with E-state index in [-0.39, 0.29) is 6.04 Å². The number of aryl methyl sites for hydroxylation is 1. The van der Waals surface area contributed by atoms with E-state index in [9.17, 15) is 0 Å². The highest BCUT2D eigenvalue weighted by molar-refractivity contribution is 7.10. The van der Waals surface area contributed by atoms with Gasteiger partial charge in [0.1, 0.15) is 12.1 Å². The van der Waals surface area contributed by atoms with Crippen LogP contribution in [0.25, 0.3) is 11.0 Å². The fourth-order valence-corrected chi connectivity index (χ4v) is 3.58. The molecular formula is C18H17N5S. The number of rotatable bonds is 5. The van der Waals surface area contributed by atoms with Crippen LogP contribution >= 0.6 is 11.3 Å². The second-order valence-corrected chi connectivity index (χ2v) is 6.61. The van der Waals surface area contributed by atoms with Crippen molar-refractivity contribution >= 4 is 28.2 Å². The van der Waals surface area contributed by atoms with Gasteiger partial charge in [-0.05, 0) is 23.4 Å². The van der Waals surface area contributed by atoms with Gasteiger partial charge in [0, 0.05) is 11.9 Å². The van der Waals surface area contributed by atoms with Gasteiger partial charge in [0.15, 0.2) is 5.65 Å². The van der Waals surface area contributed by atoms with E-state index in [0.717, 1.165) is 23.3 Å². The summed E-state index contributed by atoms with van der Waals surface area (Å²) >= 11 is 1.75. The molecule has 0 saturated heterocycles. The normalized spacial score (nSPS) is 12.4. The Bertz CT molecular complexity index is 931. The molecule has 0 spiro atoms. The van der Waals surface area contributed by atoms with E-state index in [2.05, 4.69) is 62.2 Å². The second-order valence-electron chi connectivity index (χ2n) is 5.63. The predicted octanol–water partition coefficient (Wildman–Crippen LogP) is 3.82. The minimum atomic E-state index is 0.158. The maximum atomic E-state index is 4.44. The first-order valence-corrected chi connectivity index (χ1v) is 8.66. The van der Waals surface area contributed by atoms with Gasteiger partial charge in [0.25, 0.3) is 0 Å². The van der Waals surface area contributed by atoms with Gasteiger partial charge in [0.2, 0.25) is 0 Å². The molecule has 3 heterocycles. The molecule has 6 heteroatoms. The topological polar surface area (TPSA) is 55.6 Å². The maximum Gasteiger partial charge on any atom is 0.163 e. The number of anilines is 1. The number of hydrogen-bond acceptors (Lipinski definition) is 5. The van der Waals surface area contributed by atoms with Crippen LogP contribution in [0.5, 0.6) is 0 Å². The quantitative estimate of drug-likeness (QED) is 0.602. The van der Waals surface area contributed by atoms with E-state index < -0.39 is 0 Å². The fourth-order valence-electron chi connectivity index (χ4n) is 2.80. The fraction of sp³-hybridized carbons (Fsp3) is 0.167. The summed E-state index contributed by atoms with van der Waals surface area (Å²) in [6.45, 7) is 0. The maximum absolute atomic E-state index is 4.44. The van der Waals surface area contributed by atoms with Gasteiger partial charge in [0.05, 0.1) is 17.6 Å². The number of hydrogen-bond donors (Lipinski definition) is 1. The van der Waals surface area contributed by atoms with Crippen LogP contribution in [0.1, 0.15) is 16.5 Å². The smallest absolute Gasteiger partial charge is 0.163 e. The number of aromatic nitrogens is 4. The third-order valence-electron chi connectivity index (χ3n) is 4.01. The lowest BCUT2D eigenvalue weighted by Gasteiger charge is -2.18. The Labute approximate surface area is 144 Å². The monoisotopic (exact) mass is 335 g/mol. The lowest BCUT2D eigenvalue weighted by molar-refractivity contribution is 0.781. The van der Waals surface area contributed by atoms with Crippen molar-refractivity contribution < 1.29 is 0 Å². The molecule has 0 fully saturated rings. The molecule has 1 N–H and O–H groups in total. The number of benzene rings is 1. The molecule has 0 radical (unpaired) electrons. The van der Waals surface area contributed by atoms with Gasteiger partial charge in [-0.3, -0.25) is 4.68 Å². The van der Waals surface area contributed by atoms with Crippen molar-refractivity contribution in [2.45, 2.75) is 12.5 Å². The van der Waals surface area contributed by atoms with Crippen molar-refractivity contribution in [3.63, 3.8) is 0 Å². The Morgan fingerprint density at radius 2 is 2.00 bits per heavy atom. The van der Waals surface area contributed by atoms with E-state index in [1.165, 1.54) is 10.4 Å². The summed E-state index contributed by atoms with van der Waals surface area (Å²) in [5, 5.41) is 10.9. The molecule has 0 aliphatic heterocycles. The average molecular weight is 335 g/mol. The van der Waals surface area contributed by atoms with E-state index >= 15 is 0 Å². The zero-order valence-corrected chi connectivity index (χ0v) is 14.1. The second kappa shape index (κ2) is 6.41. The van der Waals surface area contributed by atoms with Crippen LogP contribution in [0.3, 0.4) is 0 Å². The molecule has 0 amide bonds. The molecule has 3 aromatic heterocycles. The standard InChI is InChI=1S/C18H17N5S/c1-23-18-14(11-21-23)17(19-12-20-18)22-15(16-8-5-9-24-16)10-13-6-3-2-4-7-13/h2-9,11-12,15H,10H2,1H3,(H,19,20,22).